The summed E-state index contributed by atoms with van der Waals surface area (Å²) in [7, 11) is 0. The lowest BCUT2D eigenvalue weighted by Gasteiger charge is -2.34. The van der Waals surface area contributed by atoms with Gasteiger partial charge in [0.25, 0.3) is 0 Å². The first-order valence-electron chi connectivity index (χ1n) is 5.79. The van der Waals surface area contributed by atoms with Gasteiger partial charge in [-0.1, -0.05) is 13.8 Å². The molecule has 1 aromatic heterocycles. The topological polar surface area (TPSA) is 37.8 Å². The van der Waals surface area contributed by atoms with Crippen LogP contribution in [0, 0.1) is 8.99 Å². The maximum atomic E-state index is 4.28. The van der Waals surface area contributed by atoms with Crippen molar-refractivity contribution in [3.63, 3.8) is 0 Å². The van der Waals surface area contributed by atoms with Crippen LogP contribution in [0.15, 0.2) is 12.4 Å². The van der Waals surface area contributed by atoms with Gasteiger partial charge in [0.15, 0.2) is 0 Å². The normalized spacial score (nSPS) is 20.7. The van der Waals surface area contributed by atoms with Gasteiger partial charge >= 0.3 is 0 Å². The molecule has 0 aliphatic heterocycles. The molecule has 1 saturated carbocycles. The second kappa shape index (κ2) is 4.85. The highest BCUT2D eigenvalue weighted by Crippen LogP contribution is 2.35. The number of hydrogen-bond donors (Lipinski definition) is 1. The molecule has 3 nitrogen and oxygen atoms in total. The van der Waals surface area contributed by atoms with Crippen LogP contribution in [0.2, 0.25) is 0 Å². The first-order chi connectivity index (χ1) is 7.55. The second-order valence-corrected chi connectivity index (χ2v) is 6.55. The van der Waals surface area contributed by atoms with Gasteiger partial charge in [0.1, 0.15) is 0 Å². The monoisotopic (exact) mass is 331 g/mol. The molecule has 0 aromatic carbocycles. The summed E-state index contributed by atoms with van der Waals surface area (Å²) in [6, 6.07) is 0.549. The molecule has 0 unspecified atom stereocenters. The van der Waals surface area contributed by atoms with Gasteiger partial charge in [-0.2, -0.15) is 0 Å². The zero-order chi connectivity index (χ0) is 11.6. The van der Waals surface area contributed by atoms with Gasteiger partial charge in [-0.05, 0) is 53.7 Å². The van der Waals surface area contributed by atoms with E-state index in [-0.39, 0.29) is 0 Å². The van der Waals surface area contributed by atoms with E-state index >= 15 is 0 Å². The highest BCUT2D eigenvalue weighted by Gasteiger charge is 2.26. The molecule has 0 radical (unpaired) electrons. The van der Waals surface area contributed by atoms with Crippen LogP contribution in [-0.4, -0.2) is 16.0 Å². The molecule has 1 fully saturated rings. The van der Waals surface area contributed by atoms with Gasteiger partial charge in [-0.15, -0.1) is 0 Å². The zero-order valence-corrected chi connectivity index (χ0v) is 12.0. The Kier molecular flexibility index (Phi) is 3.66. The maximum Gasteiger partial charge on any atom is 0.222 e. The second-order valence-electron chi connectivity index (χ2n) is 5.31. The Labute approximate surface area is 111 Å². The first-order valence-corrected chi connectivity index (χ1v) is 6.87. The number of aromatic nitrogens is 2. The predicted octanol–water partition coefficient (Wildman–Crippen LogP) is 3.46. The molecule has 0 amide bonds. The van der Waals surface area contributed by atoms with Gasteiger partial charge in [-0.3, -0.25) is 0 Å². The van der Waals surface area contributed by atoms with Gasteiger partial charge in [0, 0.05) is 22.0 Å². The van der Waals surface area contributed by atoms with Crippen molar-refractivity contribution in [1.29, 1.82) is 0 Å². The maximum absolute atomic E-state index is 4.28. The Morgan fingerprint density at radius 3 is 2.38 bits per heavy atom. The number of nitrogens with one attached hydrogen (secondary N) is 1. The molecule has 0 atom stereocenters. The molecule has 4 heteroatoms. The van der Waals surface area contributed by atoms with E-state index in [9.17, 15) is 0 Å². The quantitative estimate of drug-likeness (QED) is 0.844. The van der Waals surface area contributed by atoms with Crippen LogP contribution in [0.4, 0.5) is 5.95 Å². The van der Waals surface area contributed by atoms with E-state index in [0.29, 0.717) is 11.5 Å². The molecule has 1 N–H and O–H groups in total. The van der Waals surface area contributed by atoms with Gasteiger partial charge in [-0.25, -0.2) is 9.97 Å². The van der Waals surface area contributed by atoms with E-state index < -0.39 is 0 Å². The first kappa shape index (κ1) is 12.1. The molecule has 1 aliphatic carbocycles. The van der Waals surface area contributed by atoms with E-state index in [1.165, 1.54) is 25.7 Å². The van der Waals surface area contributed by atoms with Crippen molar-refractivity contribution in [3.05, 3.63) is 16.0 Å². The lowest BCUT2D eigenvalue weighted by Crippen LogP contribution is -2.30. The van der Waals surface area contributed by atoms with Gasteiger partial charge < -0.3 is 5.32 Å². The summed E-state index contributed by atoms with van der Waals surface area (Å²) in [5.74, 6) is 0.769. The van der Waals surface area contributed by atoms with Crippen molar-refractivity contribution in [1.82, 2.24) is 9.97 Å². The Balaban J connectivity index is 1.89. The molecule has 0 saturated heterocycles. The molecule has 0 bridgehead atoms. The van der Waals surface area contributed by atoms with Crippen molar-refractivity contribution in [2.45, 2.75) is 45.6 Å². The predicted molar refractivity (Wildman–Crippen MR) is 74.4 cm³/mol. The summed E-state index contributed by atoms with van der Waals surface area (Å²) in [5, 5.41) is 3.42. The Hall–Kier alpha value is -0.390. The average molecular weight is 331 g/mol. The zero-order valence-electron chi connectivity index (χ0n) is 9.83. The van der Waals surface area contributed by atoms with Crippen molar-refractivity contribution in [2.24, 2.45) is 5.41 Å². The Bertz CT molecular complexity index is 338. The number of halogens is 1. The molecular weight excluding hydrogens is 313 g/mol. The third kappa shape index (κ3) is 3.30. The van der Waals surface area contributed by atoms with Crippen molar-refractivity contribution < 1.29 is 0 Å². The van der Waals surface area contributed by atoms with E-state index in [4.69, 9.17) is 0 Å². The van der Waals surface area contributed by atoms with Crippen LogP contribution >= 0.6 is 22.6 Å². The molecule has 16 heavy (non-hydrogen) atoms. The van der Waals surface area contributed by atoms with E-state index in [1.54, 1.807) is 0 Å². The van der Waals surface area contributed by atoms with Gasteiger partial charge in [0.2, 0.25) is 5.95 Å². The minimum absolute atomic E-state index is 0.519. The summed E-state index contributed by atoms with van der Waals surface area (Å²) in [6.45, 7) is 4.70. The largest absolute Gasteiger partial charge is 0.351 e. The summed E-state index contributed by atoms with van der Waals surface area (Å²) in [4.78, 5) is 8.56. The minimum Gasteiger partial charge on any atom is -0.351 e. The minimum atomic E-state index is 0.519. The SMILES string of the molecule is CC1(C)CCC(Nc2ncc(I)cn2)CC1. The van der Waals surface area contributed by atoms with E-state index in [0.717, 1.165) is 9.52 Å². The third-order valence-corrected chi connectivity index (χ3v) is 3.85. The van der Waals surface area contributed by atoms with Crippen LogP contribution in [0.5, 0.6) is 0 Å². The standard InChI is InChI=1S/C12H18IN3/c1-12(2)5-3-10(4-6-12)16-11-14-7-9(13)8-15-11/h7-8,10H,3-6H2,1-2H3,(H,14,15,16). The van der Waals surface area contributed by atoms with E-state index in [2.05, 4.69) is 51.7 Å². The molecular formula is C12H18IN3. The van der Waals surface area contributed by atoms with Crippen LogP contribution in [0.3, 0.4) is 0 Å². The third-order valence-electron chi connectivity index (χ3n) is 3.29. The molecule has 1 aromatic rings. The van der Waals surface area contributed by atoms with Crippen LogP contribution in [0.25, 0.3) is 0 Å². The fourth-order valence-electron chi connectivity index (χ4n) is 2.11. The molecule has 1 aliphatic rings. The molecule has 1 heterocycles. The molecule has 2 rings (SSSR count). The van der Waals surface area contributed by atoms with Gasteiger partial charge in [0.05, 0.1) is 0 Å². The number of nitrogens with zero attached hydrogens (tertiary/aromatic N) is 2. The number of hydrogen-bond acceptors (Lipinski definition) is 3. The molecule has 0 spiro atoms. The van der Waals surface area contributed by atoms with E-state index in [1.807, 2.05) is 12.4 Å². The van der Waals surface area contributed by atoms with Crippen LogP contribution in [0.1, 0.15) is 39.5 Å². The Morgan fingerprint density at radius 2 is 1.81 bits per heavy atom. The summed E-state index contributed by atoms with van der Waals surface area (Å²) in [5.41, 5.74) is 0.519. The number of anilines is 1. The van der Waals surface area contributed by atoms with Crippen LogP contribution in [-0.2, 0) is 0 Å². The van der Waals surface area contributed by atoms with Crippen molar-refractivity contribution >= 4 is 28.5 Å². The fourth-order valence-corrected chi connectivity index (χ4v) is 2.39. The highest BCUT2D eigenvalue weighted by molar-refractivity contribution is 14.1. The fraction of sp³-hybridized carbons (Fsp3) is 0.667. The summed E-state index contributed by atoms with van der Waals surface area (Å²) >= 11 is 2.22. The average Bonchev–Trinajstić information content (AvgIpc) is 2.24. The number of rotatable bonds is 2. The lowest BCUT2D eigenvalue weighted by molar-refractivity contribution is 0.232. The smallest absolute Gasteiger partial charge is 0.222 e. The highest BCUT2D eigenvalue weighted by atomic mass is 127. The summed E-state index contributed by atoms with van der Waals surface area (Å²) < 4.78 is 1.08. The van der Waals surface area contributed by atoms with Crippen molar-refractivity contribution in [2.75, 3.05) is 5.32 Å². The summed E-state index contributed by atoms with van der Waals surface area (Å²) in [6.07, 6.45) is 8.72. The van der Waals surface area contributed by atoms with Crippen molar-refractivity contribution in [3.8, 4) is 0 Å². The molecule has 88 valence electrons. The van der Waals surface area contributed by atoms with Crippen LogP contribution < -0.4 is 5.32 Å². The Morgan fingerprint density at radius 1 is 1.25 bits per heavy atom. The lowest BCUT2D eigenvalue weighted by atomic mass is 9.76.